The summed E-state index contributed by atoms with van der Waals surface area (Å²) >= 11 is 1.57. The van der Waals surface area contributed by atoms with Gasteiger partial charge in [0.1, 0.15) is 16.9 Å². The SMILES string of the molecule is COc1ccc(S(=O)(=O)N2CCS[C@H]2c2ccco2)cc1. The Labute approximate surface area is 127 Å². The zero-order chi connectivity index (χ0) is 14.9. The van der Waals surface area contributed by atoms with Crippen molar-refractivity contribution in [2.75, 3.05) is 19.4 Å². The Hall–Kier alpha value is -1.44. The smallest absolute Gasteiger partial charge is 0.244 e. The highest BCUT2D eigenvalue weighted by atomic mass is 32.2. The fourth-order valence-electron chi connectivity index (χ4n) is 2.24. The van der Waals surface area contributed by atoms with E-state index in [9.17, 15) is 8.42 Å². The van der Waals surface area contributed by atoms with E-state index >= 15 is 0 Å². The minimum atomic E-state index is -3.54. The first-order valence-electron chi connectivity index (χ1n) is 6.44. The molecule has 0 amide bonds. The molecule has 1 aliphatic heterocycles. The van der Waals surface area contributed by atoms with Crippen LogP contribution in [0.2, 0.25) is 0 Å². The lowest BCUT2D eigenvalue weighted by atomic mass is 10.3. The first-order valence-corrected chi connectivity index (χ1v) is 8.93. The number of benzene rings is 1. The number of hydrogen-bond acceptors (Lipinski definition) is 5. The second-order valence-electron chi connectivity index (χ2n) is 4.53. The van der Waals surface area contributed by atoms with E-state index in [2.05, 4.69) is 0 Å². The van der Waals surface area contributed by atoms with Gasteiger partial charge in [0, 0.05) is 12.3 Å². The second-order valence-corrected chi connectivity index (χ2v) is 7.61. The van der Waals surface area contributed by atoms with Crippen LogP contribution in [0.1, 0.15) is 11.1 Å². The first kappa shape index (κ1) is 14.5. The van der Waals surface area contributed by atoms with E-state index in [0.717, 1.165) is 5.75 Å². The minimum Gasteiger partial charge on any atom is -0.497 e. The van der Waals surface area contributed by atoms with Crippen molar-refractivity contribution < 1.29 is 17.6 Å². The standard InChI is InChI=1S/C14H15NO4S2/c1-18-11-4-6-12(7-5-11)21(16,17)15-8-10-20-14(15)13-3-2-9-19-13/h2-7,9,14H,8,10H2,1H3/t14-/m0/s1. The van der Waals surface area contributed by atoms with Crippen molar-refractivity contribution in [2.45, 2.75) is 10.3 Å². The summed E-state index contributed by atoms with van der Waals surface area (Å²) in [4.78, 5) is 0.266. The van der Waals surface area contributed by atoms with Crippen LogP contribution in [0.3, 0.4) is 0 Å². The fourth-order valence-corrected chi connectivity index (χ4v) is 5.41. The maximum atomic E-state index is 12.8. The molecule has 5 nitrogen and oxygen atoms in total. The average Bonchev–Trinajstić information content (AvgIpc) is 3.17. The van der Waals surface area contributed by atoms with Crippen molar-refractivity contribution in [1.82, 2.24) is 4.31 Å². The van der Waals surface area contributed by atoms with Crippen LogP contribution in [0.15, 0.2) is 52.0 Å². The van der Waals surface area contributed by atoms with Crippen molar-refractivity contribution >= 4 is 21.8 Å². The average molecular weight is 325 g/mol. The summed E-state index contributed by atoms with van der Waals surface area (Å²) in [5.74, 6) is 2.04. The van der Waals surface area contributed by atoms with Crippen molar-refractivity contribution in [2.24, 2.45) is 0 Å². The normalized spacial score (nSPS) is 19.8. The van der Waals surface area contributed by atoms with Gasteiger partial charge in [0.25, 0.3) is 0 Å². The Morgan fingerprint density at radius 2 is 2.05 bits per heavy atom. The van der Waals surface area contributed by atoms with E-state index in [-0.39, 0.29) is 10.3 Å². The number of sulfonamides is 1. The topological polar surface area (TPSA) is 59.8 Å². The molecule has 0 radical (unpaired) electrons. The largest absolute Gasteiger partial charge is 0.497 e. The summed E-state index contributed by atoms with van der Waals surface area (Å²) in [6, 6.07) is 10.0. The molecule has 1 atom stereocenters. The number of thioether (sulfide) groups is 1. The van der Waals surface area contributed by atoms with Crippen molar-refractivity contribution in [1.29, 1.82) is 0 Å². The lowest BCUT2D eigenvalue weighted by Crippen LogP contribution is -2.30. The molecule has 112 valence electrons. The fraction of sp³-hybridized carbons (Fsp3) is 0.286. The van der Waals surface area contributed by atoms with Gasteiger partial charge in [-0.25, -0.2) is 8.42 Å². The number of rotatable bonds is 4. The molecule has 1 aromatic carbocycles. The Morgan fingerprint density at radius 3 is 2.67 bits per heavy atom. The summed E-state index contributed by atoms with van der Waals surface area (Å²) in [5, 5.41) is -0.299. The summed E-state index contributed by atoms with van der Waals surface area (Å²) in [6.45, 7) is 0.477. The van der Waals surface area contributed by atoms with Gasteiger partial charge in [-0.1, -0.05) is 0 Å². The Kier molecular flexibility index (Phi) is 3.97. The van der Waals surface area contributed by atoms with Crippen molar-refractivity contribution in [3.63, 3.8) is 0 Å². The summed E-state index contributed by atoms with van der Waals surface area (Å²) in [6.07, 6.45) is 1.56. The van der Waals surface area contributed by atoms with Crippen LogP contribution < -0.4 is 4.74 Å². The molecule has 1 fully saturated rings. The van der Waals surface area contributed by atoms with Crippen LogP contribution >= 0.6 is 11.8 Å². The van der Waals surface area contributed by atoms with Gasteiger partial charge >= 0.3 is 0 Å². The number of ether oxygens (including phenoxy) is 1. The van der Waals surface area contributed by atoms with Gasteiger partial charge in [-0.05, 0) is 36.4 Å². The van der Waals surface area contributed by atoms with Crippen LogP contribution in [-0.2, 0) is 10.0 Å². The van der Waals surface area contributed by atoms with Gasteiger partial charge in [0.15, 0.2) is 0 Å². The van der Waals surface area contributed by atoms with Crippen molar-refractivity contribution in [3.05, 3.63) is 48.4 Å². The molecular weight excluding hydrogens is 310 g/mol. The van der Waals surface area contributed by atoms with E-state index in [4.69, 9.17) is 9.15 Å². The van der Waals surface area contributed by atoms with Gasteiger partial charge in [-0.2, -0.15) is 4.31 Å². The van der Waals surface area contributed by atoms with Gasteiger partial charge in [0.05, 0.1) is 18.3 Å². The maximum Gasteiger partial charge on any atom is 0.244 e. The molecule has 2 aromatic rings. The molecule has 1 aliphatic rings. The monoisotopic (exact) mass is 325 g/mol. The molecule has 0 bridgehead atoms. The van der Waals surface area contributed by atoms with Crippen LogP contribution in [0.5, 0.6) is 5.75 Å². The van der Waals surface area contributed by atoms with E-state index in [1.807, 2.05) is 0 Å². The third-order valence-corrected chi connectivity index (χ3v) is 6.53. The molecule has 2 heterocycles. The third-order valence-electron chi connectivity index (χ3n) is 3.30. The number of methoxy groups -OCH3 is 1. The highest BCUT2D eigenvalue weighted by molar-refractivity contribution is 8.00. The van der Waals surface area contributed by atoms with Crippen LogP contribution in [0.25, 0.3) is 0 Å². The van der Waals surface area contributed by atoms with Crippen LogP contribution in [0.4, 0.5) is 0 Å². The zero-order valence-electron chi connectivity index (χ0n) is 11.4. The maximum absolute atomic E-state index is 12.8. The molecule has 7 heteroatoms. The van der Waals surface area contributed by atoms with Gasteiger partial charge in [-0.15, -0.1) is 11.8 Å². The predicted molar refractivity (Wildman–Crippen MR) is 80.8 cm³/mol. The molecule has 0 aliphatic carbocycles. The first-order chi connectivity index (χ1) is 10.1. The highest BCUT2D eigenvalue weighted by Crippen LogP contribution is 2.41. The lowest BCUT2D eigenvalue weighted by Gasteiger charge is -2.21. The molecule has 0 N–H and O–H groups in total. The quantitative estimate of drug-likeness (QED) is 0.865. The Bertz CT molecular complexity index is 695. The summed E-state index contributed by atoms with van der Waals surface area (Å²) < 4.78 is 37.5. The number of nitrogens with zero attached hydrogens (tertiary/aromatic N) is 1. The molecule has 21 heavy (non-hydrogen) atoms. The van der Waals surface area contributed by atoms with Gasteiger partial charge in [-0.3, -0.25) is 0 Å². The molecule has 0 saturated carbocycles. The molecule has 3 rings (SSSR count). The second kappa shape index (κ2) is 5.75. The molecule has 0 spiro atoms. The Balaban J connectivity index is 1.93. The van der Waals surface area contributed by atoms with E-state index < -0.39 is 10.0 Å². The number of furan rings is 1. The lowest BCUT2D eigenvalue weighted by molar-refractivity contribution is 0.383. The van der Waals surface area contributed by atoms with Crippen LogP contribution in [-0.4, -0.2) is 32.1 Å². The van der Waals surface area contributed by atoms with E-state index in [1.165, 1.54) is 4.31 Å². The van der Waals surface area contributed by atoms with Crippen LogP contribution in [0, 0.1) is 0 Å². The Morgan fingerprint density at radius 1 is 1.29 bits per heavy atom. The third kappa shape index (κ3) is 2.68. The van der Waals surface area contributed by atoms with Gasteiger partial charge < -0.3 is 9.15 Å². The predicted octanol–water partition coefficient (Wildman–Crippen LogP) is 2.72. The molecule has 1 aromatic heterocycles. The highest BCUT2D eigenvalue weighted by Gasteiger charge is 2.38. The molecule has 1 saturated heterocycles. The summed E-state index contributed by atoms with van der Waals surface area (Å²) in [5.41, 5.74) is 0. The van der Waals surface area contributed by atoms with E-state index in [0.29, 0.717) is 18.1 Å². The summed E-state index contributed by atoms with van der Waals surface area (Å²) in [7, 11) is -1.99. The molecule has 0 unspecified atom stereocenters. The van der Waals surface area contributed by atoms with Gasteiger partial charge in [0.2, 0.25) is 10.0 Å². The number of hydrogen-bond donors (Lipinski definition) is 0. The molecular formula is C14H15NO4S2. The van der Waals surface area contributed by atoms with E-state index in [1.54, 1.807) is 61.5 Å². The zero-order valence-corrected chi connectivity index (χ0v) is 13.1. The van der Waals surface area contributed by atoms with Crippen molar-refractivity contribution in [3.8, 4) is 5.75 Å². The minimum absolute atomic E-state index is 0.266.